The van der Waals surface area contributed by atoms with Gasteiger partial charge in [0.2, 0.25) is 0 Å². The molecule has 1 fully saturated rings. The molecule has 0 radical (unpaired) electrons. The fraction of sp³-hybridized carbons (Fsp3) is 0.429. The van der Waals surface area contributed by atoms with Gasteiger partial charge in [-0.1, -0.05) is 30.0 Å². The summed E-state index contributed by atoms with van der Waals surface area (Å²) in [4.78, 5) is 14.2. The molecule has 1 atom stereocenters. The molecule has 2 aromatic carbocycles. The van der Waals surface area contributed by atoms with E-state index in [1.165, 1.54) is 7.11 Å². The monoisotopic (exact) mass is 507 g/mol. The van der Waals surface area contributed by atoms with Crippen molar-refractivity contribution in [1.82, 2.24) is 9.62 Å². The molecule has 0 spiro atoms. The van der Waals surface area contributed by atoms with Crippen LogP contribution >= 0.6 is 0 Å². The summed E-state index contributed by atoms with van der Waals surface area (Å²) in [7, 11) is 0.176. The van der Waals surface area contributed by atoms with Crippen molar-refractivity contribution in [3.05, 3.63) is 64.7 Å². The molecule has 7 nitrogen and oxygen atoms in total. The van der Waals surface area contributed by atoms with Crippen LogP contribution in [-0.4, -0.2) is 45.7 Å². The summed E-state index contributed by atoms with van der Waals surface area (Å²) in [6, 6.07) is 15.0. The Bertz CT molecular complexity index is 1250. The predicted octanol–water partition coefficient (Wildman–Crippen LogP) is 4.46. The maximum Gasteiger partial charge on any atom is 0.410 e. The first-order valence-corrected chi connectivity index (χ1v) is 12.8. The maximum absolute atomic E-state index is 13.0. The normalized spacial score (nSPS) is 15.6. The first-order chi connectivity index (χ1) is 16.8. The van der Waals surface area contributed by atoms with E-state index in [1.807, 2.05) is 65.8 Å². The number of carbonyl (C=O) groups excluding carboxylic acids is 1. The number of nitrogens with zero attached hydrogens (tertiary/aromatic N) is 2. The van der Waals surface area contributed by atoms with E-state index in [0.29, 0.717) is 30.0 Å². The topological polar surface area (TPSA) is 91.7 Å². The van der Waals surface area contributed by atoms with Gasteiger partial charge in [0, 0.05) is 18.7 Å². The van der Waals surface area contributed by atoms with E-state index in [1.54, 1.807) is 23.1 Å². The van der Waals surface area contributed by atoms with Crippen LogP contribution in [0.4, 0.5) is 4.79 Å². The molecule has 0 aromatic heterocycles. The lowest BCUT2D eigenvalue weighted by atomic mass is 9.83. The second kappa shape index (κ2) is 10.3. The van der Waals surface area contributed by atoms with Crippen molar-refractivity contribution < 1.29 is 18.5 Å². The Kier molecular flexibility index (Phi) is 7.83. The highest BCUT2D eigenvalue weighted by molar-refractivity contribution is 7.84. The predicted molar refractivity (Wildman–Crippen MR) is 141 cm³/mol. The number of likely N-dealkylation sites (tertiary alicyclic amines) is 1. The minimum absolute atomic E-state index is 0.340. The number of carbonyl (C=O) groups is 1. The number of ether oxygens (including phenoxy) is 2. The Morgan fingerprint density at radius 3 is 2.17 bits per heavy atom. The van der Waals surface area contributed by atoms with Crippen LogP contribution in [0.5, 0.6) is 5.75 Å². The number of methoxy groups -OCH3 is 1. The van der Waals surface area contributed by atoms with Crippen LogP contribution in [0, 0.1) is 23.2 Å². The quantitative estimate of drug-likeness (QED) is 0.617. The van der Waals surface area contributed by atoms with Crippen LogP contribution in [0.3, 0.4) is 0 Å². The van der Waals surface area contributed by atoms with Gasteiger partial charge in [-0.05, 0) is 71.4 Å². The van der Waals surface area contributed by atoms with E-state index in [2.05, 4.69) is 22.6 Å². The van der Waals surface area contributed by atoms with Gasteiger partial charge < -0.3 is 14.4 Å². The van der Waals surface area contributed by atoms with Gasteiger partial charge in [0.1, 0.15) is 11.7 Å². The summed E-state index contributed by atoms with van der Waals surface area (Å²) in [6.07, 6.45) is -0.391. The fourth-order valence-electron chi connectivity index (χ4n) is 3.65. The van der Waals surface area contributed by atoms with Crippen LogP contribution in [-0.2, 0) is 21.3 Å². The Morgan fingerprint density at radius 1 is 1.03 bits per heavy atom. The molecule has 1 unspecified atom stereocenters. The Balaban J connectivity index is 1.86. The Hall–Kier alpha value is -3.33. The molecular weight excluding hydrogens is 474 g/mol. The Morgan fingerprint density at radius 2 is 1.64 bits per heavy atom. The molecule has 1 heterocycles. The summed E-state index contributed by atoms with van der Waals surface area (Å²) in [5, 5.41) is 9.28. The number of rotatable bonds is 4. The lowest BCUT2D eigenvalue weighted by molar-refractivity contribution is -0.0123. The molecule has 1 saturated heterocycles. The van der Waals surface area contributed by atoms with Crippen molar-refractivity contribution >= 4 is 17.1 Å². The van der Waals surface area contributed by atoms with Gasteiger partial charge in [-0.2, -0.15) is 5.26 Å². The lowest BCUT2D eigenvalue weighted by Crippen LogP contribution is -2.69. The summed E-state index contributed by atoms with van der Waals surface area (Å²) in [5.41, 5.74) is 1.50. The molecule has 0 bridgehead atoms. The van der Waals surface area contributed by atoms with Crippen molar-refractivity contribution in [1.29, 1.82) is 5.26 Å². The highest BCUT2D eigenvalue weighted by Gasteiger charge is 2.49. The lowest BCUT2D eigenvalue weighted by Gasteiger charge is -2.50. The average Bonchev–Trinajstić information content (AvgIpc) is 2.77. The number of para-hydroxylation sites is 1. The molecule has 8 heteroatoms. The van der Waals surface area contributed by atoms with Gasteiger partial charge in [-0.3, -0.25) is 0 Å². The van der Waals surface area contributed by atoms with Crippen LogP contribution in [0.25, 0.3) is 0 Å². The molecule has 1 aliphatic heterocycles. The van der Waals surface area contributed by atoms with Crippen LogP contribution in [0.2, 0.25) is 0 Å². The van der Waals surface area contributed by atoms with Crippen LogP contribution in [0.15, 0.2) is 42.5 Å². The van der Waals surface area contributed by atoms with E-state index in [4.69, 9.17) is 9.47 Å². The molecule has 3 rings (SSSR count). The Labute approximate surface area is 216 Å². The van der Waals surface area contributed by atoms with E-state index in [9.17, 15) is 14.3 Å². The molecule has 2 aromatic rings. The highest BCUT2D eigenvalue weighted by atomic mass is 32.2. The number of nitriles is 1. The molecule has 36 heavy (non-hydrogen) atoms. The van der Waals surface area contributed by atoms with Gasteiger partial charge >= 0.3 is 6.09 Å². The van der Waals surface area contributed by atoms with E-state index < -0.39 is 33.0 Å². The third-order valence-corrected chi connectivity index (χ3v) is 7.22. The van der Waals surface area contributed by atoms with Gasteiger partial charge in [0.15, 0.2) is 5.75 Å². The van der Waals surface area contributed by atoms with Crippen molar-refractivity contribution in [3.8, 4) is 23.7 Å². The second-order valence-electron chi connectivity index (χ2n) is 10.7. The van der Waals surface area contributed by atoms with Crippen LogP contribution in [0.1, 0.15) is 63.8 Å². The number of nitrogens with one attached hydrogen (secondary N) is 1. The minimum Gasteiger partial charge on any atom is -0.494 e. The zero-order valence-corrected chi connectivity index (χ0v) is 22.7. The van der Waals surface area contributed by atoms with E-state index in [0.717, 1.165) is 11.1 Å². The van der Waals surface area contributed by atoms with E-state index >= 15 is 0 Å². The number of benzene rings is 2. The molecule has 0 saturated carbocycles. The zero-order chi connectivity index (χ0) is 26.7. The molecule has 0 aliphatic carbocycles. The summed E-state index contributed by atoms with van der Waals surface area (Å²) in [5.74, 6) is 6.64. The number of hydrogen-bond acceptors (Lipinski definition) is 5. The fourth-order valence-corrected chi connectivity index (χ4v) is 4.56. The van der Waals surface area contributed by atoms with Gasteiger partial charge in [0.05, 0.1) is 39.5 Å². The summed E-state index contributed by atoms with van der Waals surface area (Å²) < 4.78 is 26.7. The van der Waals surface area contributed by atoms with Gasteiger partial charge in [0.25, 0.3) is 0 Å². The zero-order valence-electron chi connectivity index (χ0n) is 21.9. The average molecular weight is 508 g/mol. The van der Waals surface area contributed by atoms with Crippen LogP contribution < -0.4 is 9.46 Å². The standard InChI is InChI=1S/C28H33N3O4S/c1-26(2,3)35-25(32)31-18-28(19-31,30-36(33)27(4,5)6)23-15-12-20(13-16-23)11-14-21-9-8-10-22(17-29)24(21)34-7/h8-10,12-13,15-16,30H,18-19H2,1-7H3. The highest BCUT2D eigenvalue weighted by Crippen LogP contribution is 2.35. The van der Waals surface area contributed by atoms with Crippen molar-refractivity contribution in [3.63, 3.8) is 0 Å². The summed E-state index contributed by atoms with van der Waals surface area (Å²) in [6.45, 7) is 11.9. The SMILES string of the molecule is COc1c(C#N)cccc1C#Cc1ccc(C2(NS(=O)C(C)(C)C)CN(C(=O)OC(C)(C)C)C2)cc1. The van der Waals surface area contributed by atoms with Gasteiger partial charge in [-0.15, -0.1) is 0 Å². The third kappa shape index (κ3) is 6.26. The molecule has 190 valence electrons. The molecule has 1 N–H and O–H groups in total. The minimum atomic E-state index is -1.34. The molecular formula is C28H33N3O4S. The first-order valence-electron chi connectivity index (χ1n) is 11.7. The van der Waals surface area contributed by atoms with Gasteiger partial charge in [-0.25, -0.2) is 13.7 Å². The first kappa shape index (κ1) is 27.3. The molecule has 1 aliphatic rings. The van der Waals surface area contributed by atoms with Crippen molar-refractivity contribution in [2.75, 3.05) is 20.2 Å². The largest absolute Gasteiger partial charge is 0.494 e. The smallest absolute Gasteiger partial charge is 0.410 e. The van der Waals surface area contributed by atoms with Crippen molar-refractivity contribution in [2.45, 2.75) is 57.4 Å². The number of hydrogen-bond donors (Lipinski definition) is 1. The third-order valence-electron chi connectivity index (χ3n) is 5.54. The van der Waals surface area contributed by atoms with Crippen molar-refractivity contribution in [2.24, 2.45) is 0 Å². The number of amides is 1. The second-order valence-corrected chi connectivity index (χ2v) is 12.7. The summed E-state index contributed by atoms with van der Waals surface area (Å²) >= 11 is 0. The van der Waals surface area contributed by atoms with E-state index in [-0.39, 0.29) is 0 Å². The maximum atomic E-state index is 13.0. The molecule has 1 amide bonds.